The van der Waals surface area contributed by atoms with Crippen molar-refractivity contribution in [3.8, 4) is 11.1 Å². The van der Waals surface area contributed by atoms with E-state index in [0.717, 1.165) is 36.8 Å². The minimum absolute atomic E-state index is 0.0169. The largest absolute Gasteiger partial charge is 0.476 e. The van der Waals surface area contributed by atoms with Gasteiger partial charge in [0.15, 0.2) is 0 Å². The van der Waals surface area contributed by atoms with Crippen molar-refractivity contribution in [3.63, 3.8) is 0 Å². The minimum atomic E-state index is -1.62. The van der Waals surface area contributed by atoms with E-state index in [1.165, 1.54) is 6.20 Å². The average molecular weight is 415 g/mol. The van der Waals surface area contributed by atoms with E-state index in [1.807, 2.05) is 18.2 Å². The van der Waals surface area contributed by atoms with Gasteiger partial charge in [0.1, 0.15) is 21.2 Å². The Morgan fingerprint density at radius 1 is 1.29 bits per heavy atom. The second-order valence-electron chi connectivity index (χ2n) is 9.22. The van der Waals surface area contributed by atoms with Crippen LogP contribution in [-0.2, 0) is 21.4 Å². The van der Waals surface area contributed by atoms with Gasteiger partial charge in [0, 0.05) is 24.3 Å². The number of amidine groups is 1. The molecule has 1 aliphatic heterocycles. The molecule has 5 rings (SSSR count). The summed E-state index contributed by atoms with van der Waals surface area (Å²) in [4.78, 5) is 8.59. The van der Waals surface area contributed by atoms with E-state index in [4.69, 9.17) is 35.9 Å². The second kappa shape index (κ2) is 6.83. The molecule has 2 N–H and O–H groups in total. The molecule has 4 radical (unpaired) electrons. The smallest absolute Gasteiger partial charge is 0.281 e. The van der Waals surface area contributed by atoms with E-state index in [1.54, 1.807) is 19.2 Å². The van der Waals surface area contributed by atoms with Crippen LogP contribution in [0.1, 0.15) is 37.3 Å². The van der Waals surface area contributed by atoms with Crippen molar-refractivity contribution in [1.82, 2.24) is 4.98 Å². The molecule has 5 nitrogen and oxygen atoms in total. The van der Waals surface area contributed by atoms with Crippen LogP contribution in [0.25, 0.3) is 11.1 Å². The lowest BCUT2D eigenvalue weighted by molar-refractivity contribution is -0.0559. The van der Waals surface area contributed by atoms with Crippen LogP contribution in [0.3, 0.4) is 0 Å². The van der Waals surface area contributed by atoms with E-state index in [2.05, 4.69) is 11.9 Å². The molecule has 2 aliphatic carbocycles. The molecular formula is C23H24B2FN3O2. The maximum atomic E-state index is 14.4. The van der Waals surface area contributed by atoms with Crippen LogP contribution in [-0.4, -0.2) is 45.3 Å². The van der Waals surface area contributed by atoms with Crippen LogP contribution in [0.4, 0.5) is 4.39 Å². The first kappa shape index (κ1) is 20.6. The van der Waals surface area contributed by atoms with Crippen molar-refractivity contribution in [1.29, 1.82) is 0 Å². The molecule has 0 bridgehead atoms. The third-order valence-electron chi connectivity index (χ3n) is 7.54. The SMILES string of the molecule is [B]C1([B])OC(N)=N[C@]12c1cc(-c3cccnc3F)ccc1C[C@@]21CC[C@H](OC)[C@@H](C)C1. The first-order chi connectivity index (χ1) is 14.7. The Hall–Kier alpha value is -2.34. The predicted octanol–water partition coefficient (Wildman–Crippen LogP) is 2.80. The highest BCUT2D eigenvalue weighted by atomic mass is 19.1. The fourth-order valence-corrected chi connectivity index (χ4v) is 6.33. The number of pyridine rings is 1. The molecule has 8 heteroatoms. The number of hydrogen-bond donors (Lipinski definition) is 1. The summed E-state index contributed by atoms with van der Waals surface area (Å²) in [5, 5.41) is -1.62. The summed E-state index contributed by atoms with van der Waals surface area (Å²) in [7, 11) is 15.0. The van der Waals surface area contributed by atoms with Gasteiger partial charge >= 0.3 is 0 Å². The number of ether oxygens (including phenoxy) is 2. The molecule has 0 saturated heterocycles. The van der Waals surface area contributed by atoms with Gasteiger partial charge in [-0.15, -0.1) is 0 Å². The zero-order chi connectivity index (χ0) is 22.0. The van der Waals surface area contributed by atoms with Crippen molar-refractivity contribution < 1.29 is 13.9 Å². The van der Waals surface area contributed by atoms with E-state index >= 15 is 0 Å². The number of aromatic nitrogens is 1. The Labute approximate surface area is 184 Å². The van der Waals surface area contributed by atoms with Crippen LogP contribution in [0.15, 0.2) is 41.5 Å². The molecule has 2 heterocycles. The van der Waals surface area contributed by atoms with Gasteiger partial charge in [0.05, 0.1) is 11.5 Å². The van der Waals surface area contributed by atoms with Crippen LogP contribution in [0.5, 0.6) is 0 Å². The molecule has 1 aromatic heterocycles. The van der Waals surface area contributed by atoms with Gasteiger partial charge in [-0.25, -0.2) is 9.98 Å². The summed E-state index contributed by atoms with van der Waals surface area (Å²) in [6.07, 6.45) is 4.83. The van der Waals surface area contributed by atoms with Gasteiger partial charge in [0.2, 0.25) is 5.95 Å². The molecule has 31 heavy (non-hydrogen) atoms. The maximum Gasteiger partial charge on any atom is 0.281 e. The van der Waals surface area contributed by atoms with Crippen molar-refractivity contribution in [2.45, 2.75) is 49.6 Å². The summed E-state index contributed by atoms with van der Waals surface area (Å²) in [6, 6.07) is 9.25. The van der Waals surface area contributed by atoms with E-state index in [-0.39, 0.29) is 23.5 Å². The predicted molar refractivity (Wildman–Crippen MR) is 118 cm³/mol. The van der Waals surface area contributed by atoms with E-state index in [0.29, 0.717) is 11.1 Å². The Balaban J connectivity index is 1.71. The Bertz CT molecular complexity index is 1080. The molecule has 1 aromatic carbocycles. The van der Waals surface area contributed by atoms with Crippen molar-refractivity contribution >= 4 is 21.7 Å². The highest BCUT2D eigenvalue weighted by molar-refractivity contribution is 6.41. The van der Waals surface area contributed by atoms with Gasteiger partial charge in [-0.3, -0.25) is 0 Å². The van der Waals surface area contributed by atoms with Gasteiger partial charge in [0.25, 0.3) is 6.02 Å². The van der Waals surface area contributed by atoms with Gasteiger partial charge in [-0.2, -0.15) is 4.39 Å². The minimum Gasteiger partial charge on any atom is -0.476 e. The molecule has 0 unspecified atom stereocenters. The van der Waals surface area contributed by atoms with Crippen LogP contribution in [0.2, 0.25) is 0 Å². The Kier molecular flexibility index (Phi) is 4.53. The Morgan fingerprint density at radius 3 is 2.74 bits per heavy atom. The van der Waals surface area contributed by atoms with Crippen molar-refractivity contribution in [2.75, 3.05) is 7.11 Å². The van der Waals surface area contributed by atoms with Crippen molar-refractivity contribution in [2.24, 2.45) is 22.1 Å². The summed E-state index contributed by atoms with van der Waals surface area (Å²) >= 11 is 0. The first-order valence-electron chi connectivity index (χ1n) is 10.6. The fraction of sp³-hybridized carbons (Fsp3) is 0.478. The second-order valence-corrected chi connectivity index (χ2v) is 9.22. The number of hydrogen-bond acceptors (Lipinski definition) is 5. The zero-order valence-corrected chi connectivity index (χ0v) is 17.8. The molecule has 1 fully saturated rings. The quantitative estimate of drug-likeness (QED) is 0.605. The van der Waals surface area contributed by atoms with Crippen LogP contribution >= 0.6 is 0 Å². The lowest BCUT2D eigenvalue weighted by atomic mass is 9.44. The molecule has 2 spiro atoms. The molecule has 0 amide bonds. The normalized spacial score (nSPS) is 33.3. The summed E-state index contributed by atoms with van der Waals surface area (Å²) in [6.45, 7) is 2.18. The molecular weight excluding hydrogens is 391 g/mol. The van der Waals surface area contributed by atoms with Crippen LogP contribution < -0.4 is 5.73 Å². The highest BCUT2D eigenvalue weighted by Crippen LogP contribution is 2.65. The number of nitrogens with two attached hydrogens (primary N) is 1. The third kappa shape index (κ3) is 2.73. The summed E-state index contributed by atoms with van der Waals surface area (Å²) in [5.74, 6) is -0.246. The molecule has 2 aromatic rings. The van der Waals surface area contributed by atoms with Gasteiger partial charge in [-0.1, -0.05) is 19.1 Å². The standard InChI is InChI=1S/C23H24B2FN3O2/c1-13-11-21(8-7-18(13)30-2)12-15-6-5-14(16-4-3-9-28-19(16)26)10-17(15)22(21)23(24,25)31-20(27)29-22/h3-6,9-10,13,18H,7-8,11-12H2,1-2H3,(H2,27,29)/t13-,18-,21-,22-/m0/s1. The number of nitrogens with zero attached hydrogens (tertiary/aromatic N) is 2. The number of halogens is 1. The third-order valence-corrected chi connectivity index (χ3v) is 7.54. The summed E-state index contributed by atoms with van der Waals surface area (Å²) < 4.78 is 25.8. The van der Waals surface area contributed by atoms with E-state index < -0.39 is 16.9 Å². The average Bonchev–Trinajstić information content (AvgIpc) is 3.13. The molecule has 156 valence electrons. The number of rotatable bonds is 2. The monoisotopic (exact) mass is 415 g/mol. The fourth-order valence-electron chi connectivity index (χ4n) is 6.33. The number of aliphatic imine (C=N–C) groups is 1. The maximum absolute atomic E-state index is 14.4. The number of methoxy groups -OCH3 is 1. The van der Waals surface area contributed by atoms with Crippen molar-refractivity contribution in [3.05, 3.63) is 53.6 Å². The molecule has 4 atom stereocenters. The lowest BCUT2D eigenvalue weighted by Gasteiger charge is -2.53. The highest BCUT2D eigenvalue weighted by Gasteiger charge is 2.68. The Morgan fingerprint density at radius 2 is 2.10 bits per heavy atom. The lowest BCUT2D eigenvalue weighted by Crippen LogP contribution is -2.60. The summed E-state index contributed by atoms with van der Waals surface area (Å²) in [5.41, 5.74) is 7.64. The topological polar surface area (TPSA) is 69.7 Å². The zero-order valence-electron chi connectivity index (χ0n) is 17.8. The molecule has 3 aliphatic rings. The van der Waals surface area contributed by atoms with Gasteiger partial charge < -0.3 is 15.2 Å². The number of benzene rings is 1. The molecule has 1 saturated carbocycles. The first-order valence-corrected chi connectivity index (χ1v) is 10.6. The number of fused-ring (bicyclic) bond motifs is 3. The van der Waals surface area contributed by atoms with Crippen LogP contribution in [0, 0.1) is 17.3 Å². The van der Waals surface area contributed by atoms with E-state index in [9.17, 15) is 4.39 Å². The van der Waals surface area contributed by atoms with Gasteiger partial charge in [-0.05, 0) is 66.5 Å².